The Hall–Kier alpha value is -1.01. The maximum absolute atomic E-state index is 5.81. The molecule has 1 atom stereocenters. The molecule has 0 aliphatic heterocycles. The van der Waals surface area contributed by atoms with Crippen LogP contribution in [0.4, 0.5) is 0 Å². The molecule has 4 nitrogen and oxygen atoms in total. The molecule has 1 unspecified atom stereocenters. The highest BCUT2D eigenvalue weighted by molar-refractivity contribution is 7.03. The standard InChI is InChI=1S/C9H9ClN4S/c10-7-3-1-6(2-4-7)9(12-11)8-5-15-14-13-8/h1-5,9,12H,11H2. The van der Waals surface area contributed by atoms with E-state index in [0.717, 1.165) is 11.3 Å². The van der Waals surface area contributed by atoms with Gasteiger partial charge in [-0.25, -0.2) is 5.43 Å². The molecule has 0 fully saturated rings. The number of rotatable bonds is 3. The first-order valence-corrected chi connectivity index (χ1v) is 5.51. The summed E-state index contributed by atoms with van der Waals surface area (Å²) in [6, 6.07) is 7.32. The number of halogens is 1. The predicted octanol–water partition coefficient (Wildman–Crippen LogP) is 1.74. The Labute approximate surface area is 96.2 Å². The van der Waals surface area contributed by atoms with Crippen molar-refractivity contribution in [3.63, 3.8) is 0 Å². The van der Waals surface area contributed by atoms with Crippen LogP contribution in [-0.4, -0.2) is 9.59 Å². The first-order valence-electron chi connectivity index (χ1n) is 4.30. The lowest BCUT2D eigenvalue weighted by Crippen LogP contribution is -2.29. The minimum absolute atomic E-state index is 0.138. The van der Waals surface area contributed by atoms with Crippen molar-refractivity contribution in [1.29, 1.82) is 0 Å². The number of hydrogen-bond acceptors (Lipinski definition) is 5. The van der Waals surface area contributed by atoms with Crippen molar-refractivity contribution < 1.29 is 0 Å². The topological polar surface area (TPSA) is 63.8 Å². The molecule has 2 rings (SSSR count). The van der Waals surface area contributed by atoms with Crippen LogP contribution in [0, 0.1) is 0 Å². The van der Waals surface area contributed by atoms with E-state index in [-0.39, 0.29) is 6.04 Å². The zero-order valence-corrected chi connectivity index (χ0v) is 9.29. The molecule has 78 valence electrons. The molecule has 6 heteroatoms. The van der Waals surface area contributed by atoms with Gasteiger partial charge < -0.3 is 0 Å². The van der Waals surface area contributed by atoms with Crippen LogP contribution in [0.25, 0.3) is 0 Å². The van der Waals surface area contributed by atoms with E-state index in [9.17, 15) is 0 Å². The van der Waals surface area contributed by atoms with Crippen molar-refractivity contribution in [3.05, 3.63) is 45.9 Å². The summed E-state index contributed by atoms with van der Waals surface area (Å²) >= 11 is 7.11. The number of hydrazine groups is 1. The Balaban J connectivity index is 2.31. The Bertz CT molecular complexity index is 414. The third-order valence-electron chi connectivity index (χ3n) is 2.04. The van der Waals surface area contributed by atoms with E-state index in [1.807, 2.05) is 29.6 Å². The first kappa shape index (κ1) is 10.5. The molecule has 0 amide bonds. The van der Waals surface area contributed by atoms with Gasteiger partial charge in [-0.1, -0.05) is 28.2 Å². The lowest BCUT2D eigenvalue weighted by atomic mass is 10.1. The zero-order chi connectivity index (χ0) is 10.7. The minimum Gasteiger partial charge on any atom is -0.271 e. The Morgan fingerprint density at radius 1 is 1.33 bits per heavy atom. The Morgan fingerprint density at radius 3 is 2.60 bits per heavy atom. The highest BCUT2D eigenvalue weighted by Gasteiger charge is 2.14. The number of hydrogen-bond donors (Lipinski definition) is 2. The van der Waals surface area contributed by atoms with Gasteiger partial charge in [-0.2, -0.15) is 0 Å². The monoisotopic (exact) mass is 240 g/mol. The van der Waals surface area contributed by atoms with Gasteiger partial charge >= 0.3 is 0 Å². The predicted molar refractivity (Wildman–Crippen MR) is 60.5 cm³/mol. The van der Waals surface area contributed by atoms with Crippen molar-refractivity contribution in [3.8, 4) is 0 Å². The zero-order valence-electron chi connectivity index (χ0n) is 7.72. The van der Waals surface area contributed by atoms with E-state index < -0.39 is 0 Å². The fourth-order valence-corrected chi connectivity index (χ4v) is 1.91. The van der Waals surface area contributed by atoms with Gasteiger partial charge in [-0.15, -0.1) is 5.10 Å². The van der Waals surface area contributed by atoms with E-state index >= 15 is 0 Å². The third kappa shape index (κ3) is 2.32. The quantitative estimate of drug-likeness (QED) is 0.634. The second kappa shape index (κ2) is 4.67. The summed E-state index contributed by atoms with van der Waals surface area (Å²) in [7, 11) is 0. The molecule has 1 aromatic carbocycles. The highest BCUT2D eigenvalue weighted by Crippen LogP contribution is 2.21. The maximum atomic E-state index is 5.81. The fraction of sp³-hybridized carbons (Fsp3) is 0.111. The van der Waals surface area contributed by atoms with Crippen LogP contribution in [0.3, 0.4) is 0 Å². The van der Waals surface area contributed by atoms with Crippen LogP contribution in [0.15, 0.2) is 29.6 Å². The molecule has 0 saturated heterocycles. The summed E-state index contributed by atoms with van der Waals surface area (Å²) in [5.41, 5.74) is 4.52. The van der Waals surface area contributed by atoms with Crippen molar-refractivity contribution in [2.24, 2.45) is 5.84 Å². The molecule has 0 spiro atoms. The molecular formula is C9H9ClN4S. The van der Waals surface area contributed by atoms with Gasteiger partial charge in [0.1, 0.15) is 0 Å². The summed E-state index contributed by atoms with van der Waals surface area (Å²) in [5.74, 6) is 5.49. The summed E-state index contributed by atoms with van der Waals surface area (Å²) < 4.78 is 3.80. The van der Waals surface area contributed by atoms with E-state index in [1.54, 1.807) is 0 Å². The highest BCUT2D eigenvalue weighted by atomic mass is 35.5. The summed E-state index contributed by atoms with van der Waals surface area (Å²) in [6.45, 7) is 0. The first-order chi connectivity index (χ1) is 7.31. The molecule has 2 aromatic rings. The van der Waals surface area contributed by atoms with Crippen molar-refractivity contribution in [1.82, 2.24) is 15.0 Å². The molecule has 1 heterocycles. The van der Waals surface area contributed by atoms with Gasteiger partial charge in [-0.3, -0.25) is 5.84 Å². The smallest absolute Gasteiger partial charge is 0.0983 e. The van der Waals surface area contributed by atoms with E-state index in [0.29, 0.717) is 5.02 Å². The largest absolute Gasteiger partial charge is 0.271 e. The molecule has 0 radical (unpaired) electrons. The van der Waals surface area contributed by atoms with Crippen LogP contribution < -0.4 is 11.3 Å². The molecule has 0 aliphatic carbocycles. The second-order valence-corrected chi connectivity index (χ2v) is 4.03. The lowest BCUT2D eigenvalue weighted by Gasteiger charge is -2.12. The van der Waals surface area contributed by atoms with Crippen molar-refractivity contribution in [2.75, 3.05) is 0 Å². The average molecular weight is 241 g/mol. The number of aromatic nitrogens is 2. The van der Waals surface area contributed by atoms with Crippen LogP contribution in [-0.2, 0) is 0 Å². The minimum atomic E-state index is -0.138. The van der Waals surface area contributed by atoms with E-state index in [2.05, 4.69) is 15.0 Å². The second-order valence-electron chi connectivity index (χ2n) is 2.98. The summed E-state index contributed by atoms with van der Waals surface area (Å²) in [4.78, 5) is 0. The number of benzene rings is 1. The SMILES string of the molecule is NNC(c1ccc(Cl)cc1)c1csnn1. The van der Waals surface area contributed by atoms with Gasteiger partial charge in [0.15, 0.2) is 0 Å². The van der Waals surface area contributed by atoms with E-state index in [1.165, 1.54) is 11.5 Å². The number of nitrogens with one attached hydrogen (secondary N) is 1. The molecule has 1 aromatic heterocycles. The van der Waals surface area contributed by atoms with Gasteiger partial charge in [0.05, 0.1) is 11.7 Å². The molecule has 0 bridgehead atoms. The van der Waals surface area contributed by atoms with Gasteiger partial charge in [0.25, 0.3) is 0 Å². The van der Waals surface area contributed by atoms with Crippen molar-refractivity contribution >= 4 is 23.1 Å². The van der Waals surface area contributed by atoms with Crippen LogP contribution >= 0.6 is 23.1 Å². The van der Waals surface area contributed by atoms with Crippen LogP contribution in [0.2, 0.25) is 5.02 Å². The van der Waals surface area contributed by atoms with Gasteiger partial charge in [0, 0.05) is 10.4 Å². The number of nitrogens with zero attached hydrogens (tertiary/aromatic N) is 2. The fourth-order valence-electron chi connectivity index (χ4n) is 1.31. The molecule has 15 heavy (non-hydrogen) atoms. The van der Waals surface area contributed by atoms with E-state index in [4.69, 9.17) is 17.4 Å². The van der Waals surface area contributed by atoms with Crippen LogP contribution in [0.5, 0.6) is 0 Å². The maximum Gasteiger partial charge on any atom is 0.0983 e. The molecule has 3 N–H and O–H groups in total. The summed E-state index contributed by atoms with van der Waals surface area (Å²) in [6.07, 6.45) is 0. The lowest BCUT2D eigenvalue weighted by molar-refractivity contribution is 0.619. The third-order valence-corrected chi connectivity index (χ3v) is 2.82. The molecule has 0 aliphatic rings. The molecule has 0 saturated carbocycles. The molecular weight excluding hydrogens is 232 g/mol. The Kier molecular flexibility index (Phi) is 3.27. The van der Waals surface area contributed by atoms with Gasteiger partial charge in [0.2, 0.25) is 0 Å². The van der Waals surface area contributed by atoms with Gasteiger partial charge in [-0.05, 0) is 29.2 Å². The average Bonchev–Trinajstić information content (AvgIpc) is 2.75. The van der Waals surface area contributed by atoms with Crippen LogP contribution in [0.1, 0.15) is 17.3 Å². The number of nitrogens with two attached hydrogens (primary N) is 1. The normalized spacial score (nSPS) is 12.7. The summed E-state index contributed by atoms with van der Waals surface area (Å²) in [5, 5.41) is 6.54. The van der Waals surface area contributed by atoms with Crippen molar-refractivity contribution in [2.45, 2.75) is 6.04 Å². The Morgan fingerprint density at radius 2 is 2.07 bits per heavy atom.